The number of hydrogen-bond acceptors (Lipinski definition) is 2. The summed E-state index contributed by atoms with van der Waals surface area (Å²) in [5.41, 5.74) is 2.00. The van der Waals surface area contributed by atoms with Crippen molar-refractivity contribution >= 4 is 10.9 Å². The Bertz CT molecular complexity index is 763. The van der Waals surface area contributed by atoms with E-state index in [2.05, 4.69) is 9.97 Å². The topological polar surface area (TPSA) is 45.8 Å². The van der Waals surface area contributed by atoms with E-state index in [1.54, 1.807) is 36.5 Å². The van der Waals surface area contributed by atoms with Gasteiger partial charge in [0, 0.05) is 11.8 Å². The van der Waals surface area contributed by atoms with Crippen LogP contribution >= 0.6 is 0 Å². The SMILES string of the molecule is O=c1[nH]ccc2nc(-c3ccc(F)cc3)ccc12. The lowest BCUT2D eigenvalue weighted by Crippen LogP contribution is -2.05. The van der Waals surface area contributed by atoms with Gasteiger partial charge >= 0.3 is 0 Å². The van der Waals surface area contributed by atoms with Crippen molar-refractivity contribution in [2.75, 3.05) is 0 Å². The number of benzene rings is 1. The number of fused-ring (bicyclic) bond motifs is 1. The fourth-order valence-electron chi connectivity index (χ4n) is 1.85. The van der Waals surface area contributed by atoms with Gasteiger partial charge in [-0.1, -0.05) is 0 Å². The van der Waals surface area contributed by atoms with Gasteiger partial charge in [-0.3, -0.25) is 4.79 Å². The lowest BCUT2D eigenvalue weighted by atomic mass is 10.1. The summed E-state index contributed by atoms with van der Waals surface area (Å²) in [7, 11) is 0. The number of halogens is 1. The van der Waals surface area contributed by atoms with Crippen molar-refractivity contribution in [2.24, 2.45) is 0 Å². The molecular formula is C14H9FN2O. The fourth-order valence-corrected chi connectivity index (χ4v) is 1.85. The average molecular weight is 240 g/mol. The second-order valence-electron chi connectivity index (χ2n) is 3.94. The molecule has 3 aromatic rings. The van der Waals surface area contributed by atoms with Crippen molar-refractivity contribution < 1.29 is 4.39 Å². The quantitative estimate of drug-likeness (QED) is 0.710. The summed E-state index contributed by atoms with van der Waals surface area (Å²) in [5, 5.41) is 0.545. The minimum absolute atomic E-state index is 0.161. The number of aromatic amines is 1. The molecule has 1 aromatic carbocycles. The first-order chi connectivity index (χ1) is 8.74. The van der Waals surface area contributed by atoms with Crippen LogP contribution in [-0.2, 0) is 0 Å². The Morgan fingerprint density at radius 2 is 1.78 bits per heavy atom. The number of H-pyrrole nitrogens is 1. The van der Waals surface area contributed by atoms with Gasteiger partial charge in [-0.25, -0.2) is 9.37 Å². The summed E-state index contributed by atoms with van der Waals surface area (Å²) in [6.07, 6.45) is 1.56. The summed E-state index contributed by atoms with van der Waals surface area (Å²) in [5.74, 6) is -0.281. The predicted molar refractivity (Wildman–Crippen MR) is 67.8 cm³/mol. The summed E-state index contributed by atoms with van der Waals surface area (Å²) >= 11 is 0. The number of pyridine rings is 2. The van der Waals surface area contributed by atoms with Crippen molar-refractivity contribution in [1.29, 1.82) is 0 Å². The van der Waals surface area contributed by atoms with E-state index < -0.39 is 0 Å². The second-order valence-corrected chi connectivity index (χ2v) is 3.94. The highest BCUT2D eigenvalue weighted by atomic mass is 19.1. The lowest BCUT2D eigenvalue weighted by molar-refractivity contribution is 0.628. The predicted octanol–water partition coefficient (Wildman–Crippen LogP) is 2.73. The van der Waals surface area contributed by atoms with Crippen molar-refractivity contribution in [3.05, 3.63) is 64.8 Å². The molecule has 2 aromatic heterocycles. The lowest BCUT2D eigenvalue weighted by Gasteiger charge is -2.02. The van der Waals surface area contributed by atoms with Crippen LogP contribution in [0.2, 0.25) is 0 Å². The molecule has 0 radical (unpaired) electrons. The van der Waals surface area contributed by atoms with Gasteiger partial charge in [0.2, 0.25) is 0 Å². The third-order valence-electron chi connectivity index (χ3n) is 2.76. The molecule has 0 saturated carbocycles. The van der Waals surface area contributed by atoms with Crippen LogP contribution in [0.15, 0.2) is 53.5 Å². The Hall–Kier alpha value is -2.49. The largest absolute Gasteiger partial charge is 0.328 e. The molecule has 1 N–H and O–H groups in total. The zero-order valence-corrected chi connectivity index (χ0v) is 9.35. The van der Waals surface area contributed by atoms with Crippen LogP contribution < -0.4 is 5.56 Å². The van der Waals surface area contributed by atoms with E-state index in [-0.39, 0.29) is 11.4 Å². The van der Waals surface area contributed by atoms with Crippen LogP contribution in [0.5, 0.6) is 0 Å². The first-order valence-electron chi connectivity index (χ1n) is 5.48. The molecule has 0 saturated heterocycles. The van der Waals surface area contributed by atoms with Gasteiger partial charge < -0.3 is 4.98 Å². The first-order valence-corrected chi connectivity index (χ1v) is 5.48. The smallest absolute Gasteiger partial charge is 0.257 e. The minimum atomic E-state index is -0.281. The Morgan fingerprint density at radius 1 is 1.00 bits per heavy atom. The summed E-state index contributed by atoms with van der Waals surface area (Å²) in [4.78, 5) is 18.5. The Morgan fingerprint density at radius 3 is 2.56 bits per heavy atom. The van der Waals surface area contributed by atoms with E-state index in [0.29, 0.717) is 16.6 Å². The molecule has 3 rings (SSSR count). The molecule has 18 heavy (non-hydrogen) atoms. The molecule has 0 bridgehead atoms. The number of nitrogens with zero attached hydrogens (tertiary/aromatic N) is 1. The van der Waals surface area contributed by atoms with Crippen molar-refractivity contribution in [1.82, 2.24) is 9.97 Å². The van der Waals surface area contributed by atoms with Gasteiger partial charge in [0.15, 0.2) is 0 Å². The van der Waals surface area contributed by atoms with Crippen LogP contribution in [0, 0.1) is 5.82 Å². The maximum absolute atomic E-state index is 12.8. The van der Waals surface area contributed by atoms with Gasteiger partial charge in [0.25, 0.3) is 5.56 Å². The molecule has 0 fully saturated rings. The van der Waals surface area contributed by atoms with Gasteiger partial charge in [-0.05, 0) is 42.5 Å². The van der Waals surface area contributed by atoms with E-state index in [0.717, 1.165) is 5.56 Å². The molecule has 4 heteroatoms. The third-order valence-corrected chi connectivity index (χ3v) is 2.76. The molecule has 3 nitrogen and oxygen atoms in total. The normalized spacial score (nSPS) is 10.7. The standard InChI is InChI=1S/C14H9FN2O/c15-10-3-1-9(2-4-10)12-6-5-11-13(17-12)7-8-16-14(11)18/h1-8H,(H,16,18). The highest BCUT2D eigenvalue weighted by Gasteiger charge is 2.03. The minimum Gasteiger partial charge on any atom is -0.328 e. The van der Waals surface area contributed by atoms with E-state index in [1.165, 1.54) is 12.1 Å². The Balaban J connectivity index is 2.19. The summed E-state index contributed by atoms with van der Waals surface area (Å²) < 4.78 is 12.8. The molecule has 0 atom stereocenters. The van der Waals surface area contributed by atoms with Crippen LogP contribution in [-0.4, -0.2) is 9.97 Å². The van der Waals surface area contributed by atoms with Gasteiger partial charge in [-0.2, -0.15) is 0 Å². The number of rotatable bonds is 1. The molecule has 0 aliphatic carbocycles. The van der Waals surface area contributed by atoms with Crippen molar-refractivity contribution in [2.45, 2.75) is 0 Å². The molecule has 0 aliphatic heterocycles. The van der Waals surface area contributed by atoms with Gasteiger partial charge in [-0.15, -0.1) is 0 Å². The van der Waals surface area contributed by atoms with Gasteiger partial charge in [0.1, 0.15) is 5.82 Å². The Labute approximate surface area is 102 Å². The van der Waals surface area contributed by atoms with E-state index in [4.69, 9.17) is 0 Å². The van der Waals surface area contributed by atoms with E-state index in [9.17, 15) is 9.18 Å². The zero-order valence-electron chi connectivity index (χ0n) is 9.35. The summed E-state index contributed by atoms with van der Waals surface area (Å²) in [6, 6.07) is 11.3. The zero-order chi connectivity index (χ0) is 12.5. The number of nitrogens with one attached hydrogen (secondary N) is 1. The van der Waals surface area contributed by atoms with Crippen molar-refractivity contribution in [3.8, 4) is 11.3 Å². The number of hydrogen-bond donors (Lipinski definition) is 1. The first kappa shape index (κ1) is 10.7. The molecule has 0 spiro atoms. The third kappa shape index (κ3) is 1.78. The molecule has 0 aliphatic rings. The van der Waals surface area contributed by atoms with E-state index >= 15 is 0 Å². The maximum Gasteiger partial charge on any atom is 0.257 e. The second kappa shape index (κ2) is 4.07. The Kier molecular flexibility index (Phi) is 2.41. The number of aromatic nitrogens is 2. The van der Waals surface area contributed by atoms with Crippen LogP contribution in [0.3, 0.4) is 0 Å². The van der Waals surface area contributed by atoms with E-state index in [1.807, 2.05) is 0 Å². The molecule has 0 unspecified atom stereocenters. The average Bonchev–Trinajstić information content (AvgIpc) is 2.39. The highest BCUT2D eigenvalue weighted by molar-refractivity contribution is 5.80. The monoisotopic (exact) mass is 240 g/mol. The highest BCUT2D eigenvalue weighted by Crippen LogP contribution is 2.19. The molecule has 88 valence electrons. The summed E-state index contributed by atoms with van der Waals surface area (Å²) in [6.45, 7) is 0. The molecule has 0 amide bonds. The fraction of sp³-hybridized carbons (Fsp3) is 0. The molecule has 2 heterocycles. The molecular weight excluding hydrogens is 231 g/mol. The van der Waals surface area contributed by atoms with Crippen LogP contribution in [0.1, 0.15) is 0 Å². The van der Waals surface area contributed by atoms with Crippen LogP contribution in [0.25, 0.3) is 22.2 Å². The van der Waals surface area contributed by atoms with Crippen LogP contribution in [0.4, 0.5) is 4.39 Å². The van der Waals surface area contributed by atoms with Gasteiger partial charge in [0.05, 0.1) is 16.6 Å². The van der Waals surface area contributed by atoms with Crippen molar-refractivity contribution in [3.63, 3.8) is 0 Å². The maximum atomic E-state index is 12.8.